The predicted octanol–water partition coefficient (Wildman–Crippen LogP) is 3.88. The maximum atomic E-state index is 12.2. The number of benzene rings is 1. The molecule has 3 heterocycles. The Morgan fingerprint density at radius 1 is 1.26 bits per heavy atom. The van der Waals surface area contributed by atoms with Crippen molar-refractivity contribution in [3.8, 4) is 10.6 Å². The Bertz CT molecular complexity index is 931. The molecule has 1 aliphatic heterocycles. The number of rotatable bonds is 6. The molecule has 1 aliphatic rings. The van der Waals surface area contributed by atoms with E-state index in [9.17, 15) is 9.59 Å². The first-order valence-electron chi connectivity index (χ1n) is 8.72. The van der Waals surface area contributed by atoms with E-state index in [-0.39, 0.29) is 12.5 Å². The molecule has 0 atom stereocenters. The van der Waals surface area contributed by atoms with Crippen LogP contribution in [0.2, 0.25) is 0 Å². The molecule has 6 nitrogen and oxygen atoms in total. The first-order chi connectivity index (χ1) is 13.2. The maximum Gasteiger partial charge on any atom is 0.338 e. The second kappa shape index (κ2) is 7.75. The normalized spacial score (nSPS) is 13.9. The second-order valence-electron chi connectivity index (χ2n) is 6.35. The van der Waals surface area contributed by atoms with E-state index in [0.29, 0.717) is 30.0 Å². The van der Waals surface area contributed by atoms with Crippen LogP contribution >= 0.6 is 11.3 Å². The second-order valence-corrected chi connectivity index (χ2v) is 7.30. The van der Waals surface area contributed by atoms with Gasteiger partial charge in [0.25, 0.3) is 0 Å². The average molecular weight is 382 g/mol. The van der Waals surface area contributed by atoms with Crippen LogP contribution in [-0.2, 0) is 22.7 Å². The van der Waals surface area contributed by atoms with Gasteiger partial charge in [0, 0.05) is 25.6 Å². The van der Waals surface area contributed by atoms with E-state index < -0.39 is 5.97 Å². The standard InChI is InChI=1S/C20H18N2O4S/c23-19-4-1-9-22(19)12-14-5-7-15(8-6-14)20(24)25-13-16-11-17(26-21-16)18-3-2-10-27-18/h2-3,5-8,10-11H,1,4,9,12-13H2. The van der Waals surface area contributed by atoms with Crippen LogP contribution < -0.4 is 0 Å². The fraction of sp³-hybridized carbons (Fsp3) is 0.250. The highest BCUT2D eigenvalue weighted by Crippen LogP contribution is 2.25. The van der Waals surface area contributed by atoms with Crippen molar-refractivity contribution < 1.29 is 18.8 Å². The number of hydrogen-bond donors (Lipinski definition) is 0. The highest BCUT2D eigenvalue weighted by atomic mass is 32.1. The number of nitrogens with zero attached hydrogens (tertiary/aromatic N) is 2. The topological polar surface area (TPSA) is 72.6 Å². The van der Waals surface area contributed by atoms with Crippen LogP contribution in [0.25, 0.3) is 10.6 Å². The van der Waals surface area contributed by atoms with Gasteiger partial charge in [-0.05, 0) is 35.6 Å². The monoisotopic (exact) mass is 382 g/mol. The molecule has 7 heteroatoms. The Balaban J connectivity index is 1.32. The van der Waals surface area contributed by atoms with Crippen LogP contribution in [-0.4, -0.2) is 28.5 Å². The number of likely N-dealkylation sites (tertiary alicyclic amines) is 1. The molecule has 4 rings (SSSR count). The van der Waals surface area contributed by atoms with Crippen molar-refractivity contribution in [3.63, 3.8) is 0 Å². The van der Waals surface area contributed by atoms with E-state index in [1.807, 2.05) is 34.5 Å². The van der Waals surface area contributed by atoms with E-state index in [2.05, 4.69) is 5.16 Å². The minimum Gasteiger partial charge on any atom is -0.455 e. The summed E-state index contributed by atoms with van der Waals surface area (Å²) in [7, 11) is 0. The van der Waals surface area contributed by atoms with Crippen molar-refractivity contribution in [1.82, 2.24) is 10.1 Å². The van der Waals surface area contributed by atoms with Crippen molar-refractivity contribution in [1.29, 1.82) is 0 Å². The zero-order chi connectivity index (χ0) is 18.6. The number of ether oxygens (including phenoxy) is 1. The molecule has 0 saturated carbocycles. The summed E-state index contributed by atoms with van der Waals surface area (Å²) in [6.45, 7) is 1.43. The summed E-state index contributed by atoms with van der Waals surface area (Å²) in [6, 6.07) is 12.8. The molecule has 0 N–H and O–H groups in total. The summed E-state index contributed by atoms with van der Waals surface area (Å²) in [4.78, 5) is 26.7. The number of thiophene rings is 1. The van der Waals surface area contributed by atoms with Gasteiger partial charge >= 0.3 is 5.97 Å². The number of amides is 1. The zero-order valence-electron chi connectivity index (χ0n) is 14.6. The summed E-state index contributed by atoms with van der Waals surface area (Å²) < 4.78 is 10.6. The Morgan fingerprint density at radius 2 is 2.11 bits per heavy atom. The summed E-state index contributed by atoms with van der Waals surface area (Å²) in [6.07, 6.45) is 1.54. The first-order valence-corrected chi connectivity index (χ1v) is 9.60. The van der Waals surface area contributed by atoms with Crippen LogP contribution in [0.15, 0.2) is 52.4 Å². The predicted molar refractivity (Wildman–Crippen MR) is 100 cm³/mol. The van der Waals surface area contributed by atoms with Crippen molar-refractivity contribution in [2.24, 2.45) is 0 Å². The lowest BCUT2D eigenvalue weighted by Crippen LogP contribution is -2.23. The SMILES string of the molecule is O=C(OCc1cc(-c2cccs2)on1)c1ccc(CN2CCCC2=O)cc1. The van der Waals surface area contributed by atoms with Crippen LogP contribution in [0.4, 0.5) is 0 Å². The van der Waals surface area contributed by atoms with Gasteiger partial charge in [0.05, 0.1) is 10.4 Å². The largest absolute Gasteiger partial charge is 0.455 e. The molecule has 3 aromatic rings. The fourth-order valence-corrected chi connectivity index (χ4v) is 3.65. The Morgan fingerprint density at radius 3 is 2.81 bits per heavy atom. The lowest BCUT2D eigenvalue weighted by molar-refractivity contribution is -0.128. The molecule has 27 heavy (non-hydrogen) atoms. The average Bonchev–Trinajstić information content (AvgIpc) is 3.43. The molecule has 0 unspecified atom stereocenters. The minimum absolute atomic E-state index is 0.0533. The highest BCUT2D eigenvalue weighted by molar-refractivity contribution is 7.13. The minimum atomic E-state index is -0.417. The molecule has 138 valence electrons. The van der Waals surface area contributed by atoms with Gasteiger partial charge in [0.15, 0.2) is 5.76 Å². The smallest absolute Gasteiger partial charge is 0.338 e. The number of hydrogen-bond acceptors (Lipinski definition) is 6. The number of carbonyl (C=O) groups is 2. The molecule has 0 aliphatic carbocycles. The molecule has 1 amide bonds. The van der Waals surface area contributed by atoms with Crippen molar-refractivity contribution in [2.75, 3.05) is 6.54 Å². The molecule has 0 spiro atoms. The summed E-state index contributed by atoms with van der Waals surface area (Å²) in [5, 5.41) is 5.89. The van der Waals surface area contributed by atoms with Gasteiger partial charge in [-0.2, -0.15) is 0 Å². The van der Waals surface area contributed by atoms with Gasteiger partial charge in [0.2, 0.25) is 5.91 Å². The third-order valence-corrected chi connectivity index (χ3v) is 5.29. The van der Waals surface area contributed by atoms with Crippen molar-refractivity contribution >= 4 is 23.2 Å². The molecular formula is C20H18N2O4S. The van der Waals surface area contributed by atoms with Crippen LogP contribution in [0.5, 0.6) is 0 Å². The summed E-state index contributed by atoms with van der Waals surface area (Å²) in [5.41, 5.74) is 2.03. The van der Waals surface area contributed by atoms with Gasteiger partial charge in [0.1, 0.15) is 12.3 Å². The van der Waals surface area contributed by atoms with Gasteiger partial charge in [-0.3, -0.25) is 4.79 Å². The molecule has 1 saturated heterocycles. The van der Waals surface area contributed by atoms with Gasteiger partial charge in [-0.25, -0.2) is 4.79 Å². The van der Waals surface area contributed by atoms with E-state index in [4.69, 9.17) is 9.26 Å². The van der Waals surface area contributed by atoms with Gasteiger partial charge < -0.3 is 14.2 Å². The first kappa shape index (κ1) is 17.5. The number of esters is 1. The Hall–Kier alpha value is -2.93. The Kier molecular flexibility index (Phi) is 5.02. The number of carbonyl (C=O) groups excluding carboxylic acids is 2. The lowest BCUT2D eigenvalue weighted by atomic mass is 10.1. The van der Waals surface area contributed by atoms with Gasteiger partial charge in [-0.15, -0.1) is 11.3 Å². The molecule has 1 fully saturated rings. The third-order valence-electron chi connectivity index (χ3n) is 4.41. The van der Waals surface area contributed by atoms with Crippen LogP contribution in [0.3, 0.4) is 0 Å². The fourth-order valence-electron chi connectivity index (χ4n) is 2.98. The molecule has 0 bridgehead atoms. The maximum absolute atomic E-state index is 12.2. The quantitative estimate of drug-likeness (QED) is 0.605. The van der Waals surface area contributed by atoms with Crippen LogP contribution in [0, 0.1) is 0 Å². The third kappa shape index (κ3) is 4.09. The van der Waals surface area contributed by atoms with E-state index >= 15 is 0 Å². The van der Waals surface area contributed by atoms with E-state index in [0.717, 1.165) is 23.4 Å². The summed E-state index contributed by atoms with van der Waals surface area (Å²) in [5.74, 6) is 0.435. The van der Waals surface area contributed by atoms with Crippen molar-refractivity contribution in [3.05, 3.63) is 64.7 Å². The molecule has 0 radical (unpaired) electrons. The summed E-state index contributed by atoms with van der Waals surface area (Å²) >= 11 is 1.56. The lowest BCUT2D eigenvalue weighted by Gasteiger charge is -2.15. The van der Waals surface area contributed by atoms with Crippen LogP contribution in [0.1, 0.15) is 34.5 Å². The van der Waals surface area contributed by atoms with Crippen molar-refractivity contribution in [2.45, 2.75) is 26.0 Å². The molecule has 2 aromatic heterocycles. The molecular weight excluding hydrogens is 364 g/mol. The zero-order valence-corrected chi connectivity index (χ0v) is 15.4. The van der Waals surface area contributed by atoms with E-state index in [1.165, 1.54) is 0 Å². The highest BCUT2D eigenvalue weighted by Gasteiger charge is 2.20. The Labute approximate surface area is 160 Å². The molecule has 1 aromatic carbocycles. The number of aromatic nitrogens is 1. The van der Waals surface area contributed by atoms with E-state index in [1.54, 1.807) is 29.5 Å². The van der Waals surface area contributed by atoms with Gasteiger partial charge in [-0.1, -0.05) is 23.4 Å².